The van der Waals surface area contributed by atoms with Crippen molar-refractivity contribution >= 4 is 23.5 Å². The minimum atomic E-state index is 0.543. The van der Waals surface area contributed by atoms with Gasteiger partial charge in [0.05, 0.1) is 0 Å². The number of pyridine rings is 1. The van der Waals surface area contributed by atoms with E-state index < -0.39 is 0 Å². The van der Waals surface area contributed by atoms with Crippen LogP contribution < -0.4 is 10.2 Å². The molecule has 1 aromatic heterocycles. The molecule has 3 aromatic rings. The summed E-state index contributed by atoms with van der Waals surface area (Å²) in [5.74, 6) is 0.854. The zero-order valence-electron chi connectivity index (χ0n) is 16.0. The van der Waals surface area contributed by atoms with Crippen LogP contribution in [0.3, 0.4) is 0 Å². The molecule has 0 unspecified atom stereocenters. The predicted molar refractivity (Wildman–Crippen MR) is 114 cm³/mol. The molecule has 0 amide bonds. The number of nitrogens with zero attached hydrogens (tertiary/aromatic N) is 2. The van der Waals surface area contributed by atoms with Crippen LogP contribution in [0.4, 0.5) is 17.2 Å². The van der Waals surface area contributed by atoms with E-state index in [1.54, 1.807) is 0 Å². The standard InChI is InChI=1S/C24H25N3O/c28-15-5-6-19-11-13-24(25-17-19)26-18-20-10-12-21-7-4-14-27(23(21)16-20)22-8-2-1-3-9-22/h1-3,8-13,15-17H,4-7,14,18H2,(H,25,26). The highest BCUT2D eigenvalue weighted by molar-refractivity contribution is 5.68. The van der Waals surface area contributed by atoms with Gasteiger partial charge in [0.2, 0.25) is 0 Å². The molecule has 1 aliphatic heterocycles. The quantitative estimate of drug-likeness (QED) is 0.600. The highest BCUT2D eigenvalue weighted by Crippen LogP contribution is 2.34. The molecule has 4 rings (SSSR count). The molecule has 1 N–H and O–H groups in total. The minimum absolute atomic E-state index is 0.543. The van der Waals surface area contributed by atoms with Crippen LogP contribution in [0.2, 0.25) is 0 Å². The van der Waals surface area contributed by atoms with Gasteiger partial charge in [0.25, 0.3) is 0 Å². The first-order valence-corrected chi connectivity index (χ1v) is 9.90. The average Bonchev–Trinajstić information content (AvgIpc) is 2.77. The Bertz CT molecular complexity index is 922. The zero-order chi connectivity index (χ0) is 19.2. The predicted octanol–water partition coefficient (Wildman–Crippen LogP) is 4.91. The highest BCUT2D eigenvalue weighted by Gasteiger charge is 2.18. The van der Waals surface area contributed by atoms with Crippen molar-refractivity contribution < 1.29 is 4.79 Å². The molecule has 0 fully saturated rings. The number of aldehydes is 1. The molecule has 4 heteroatoms. The lowest BCUT2D eigenvalue weighted by molar-refractivity contribution is -0.107. The molecular formula is C24H25N3O. The number of carbonyl (C=O) groups excluding carboxylic acids is 1. The summed E-state index contributed by atoms with van der Waals surface area (Å²) in [5.41, 5.74) is 6.31. The van der Waals surface area contributed by atoms with Crippen molar-refractivity contribution in [1.82, 2.24) is 4.98 Å². The SMILES string of the molecule is O=CCCc1ccc(NCc2ccc3c(c2)N(c2ccccc2)CCC3)nc1. The van der Waals surface area contributed by atoms with E-state index in [1.165, 1.54) is 28.9 Å². The number of hydrogen-bond acceptors (Lipinski definition) is 4. The average molecular weight is 371 g/mol. The maximum Gasteiger partial charge on any atom is 0.126 e. The Kier molecular flexibility index (Phi) is 5.66. The summed E-state index contributed by atoms with van der Waals surface area (Å²) in [5, 5.41) is 3.41. The Balaban J connectivity index is 1.47. The monoisotopic (exact) mass is 371 g/mol. The van der Waals surface area contributed by atoms with E-state index in [0.717, 1.165) is 43.6 Å². The van der Waals surface area contributed by atoms with Crippen LogP contribution in [0.1, 0.15) is 29.5 Å². The normalized spacial score (nSPS) is 13.1. The van der Waals surface area contributed by atoms with E-state index >= 15 is 0 Å². The third-order valence-corrected chi connectivity index (χ3v) is 5.19. The van der Waals surface area contributed by atoms with E-state index in [1.807, 2.05) is 18.3 Å². The Morgan fingerprint density at radius 1 is 1.04 bits per heavy atom. The van der Waals surface area contributed by atoms with Gasteiger partial charge in [0.15, 0.2) is 0 Å². The molecule has 4 nitrogen and oxygen atoms in total. The summed E-state index contributed by atoms with van der Waals surface area (Å²) >= 11 is 0. The van der Waals surface area contributed by atoms with Crippen molar-refractivity contribution in [2.75, 3.05) is 16.8 Å². The number of rotatable bonds is 7. The second-order valence-electron chi connectivity index (χ2n) is 7.16. The van der Waals surface area contributed by atoms with Crippen LogP contribution in [0.15, 0.2) is 66.9 Å². The first-order valence-electron chi connectivity index (χ1n) is 9.90. The van der Waals surface area contributed by atoms with Crippen molar-refractivity contribution in [3.8, 4) is 0 Å². The van der Waals surface area contributed by atoms with Gasteiger partial charge in [-0.05, 0) is 60.2 Å². The first kappa shape index (κ1) is 18.2. The maximum atomic E-state index is 10.5. The van der Waals surface area contributed by atoms with Crippen molar-refractivity contribution in [3.05, 3.63) is 83.6 Å². The maximum absolute atomic E-state index is 10.5. The molecule has 2 heterocycles. The fourth-order valence-electron chi connectivity index (χ4n) is 3.70. The van der Waals surface area contributed by atoms with Gasteiger partial charge in [-0.3, -0.25) is 0 Å². The third kappa shape index (κ3) is 4.22. The lowest BCUT2D eigenvalue weighted by atomic mass is 9.99. The van der Waals surface area contributed by atoms with E-state index in [9.17, 15) is 4.79 Å². The van der Waals surface area contributed by atoms with Gasteiger partial charge in [0, 0.05) is 37.1 Å². The zero-order valence-corrected chi connectivity index (χ0v) is 16.0. The van der Waals surface area contributed by atoms with Crippen LogP contribution in [-0.2, 0) is 24.2 Å². The molecule has 0 spiro atoms. The van der Waals surface area contributed by atoms with E-state index in [0.29, 0.717) is 6.42 Å². The number of aromatic nitrogens is 1. The lowest BCUT2D eigenvalue weighted by Crippen LogP contribution is -2.24. The summed E-state index contributed by atoms with van der Waals surface area (Å²) in [7, 11) is 0. The Morgan fingerprint density at radius 3 is 2.68 bits per heavy atom. The van der Waals surface area contributed by atoms with Gasteiger partial charge >= 0.3 is 0 Å². The fraction of sp³-hybridized carbons (Fsp3) is 0.250. The van der Waals surface area contributed by atoms with Crippen LogP contribution in [0.5, 0.6) is 0 Å². The largest absolute Gasteiger partial charge is 0.366 e. The molecule has 2 aromatic carbocycles. The van der Waals surface area contributed by atoms with Gasteiger partial charge in [-0.2, -0.15) is 0 Å². The van der Waals surface area contributed by atoms with Gasteiger partial charge < -0.3 is 15.0 Å². The molecule has 0 atom stereocenters. The van der Waals surface area contributed by atoms with Crippen LogP contribution >= 0.6 is 0 Å². The summed E-state index contributed by atoms with van der Waals surface area (Å²) in [6.07, 6.45) is 6.39. The van der Waals surface area contributed by atoms with Crippen LogP contribution in [0.25, 0.3) is 0 Å². The molecule has 28 heavy (non-hydrogen) atoms. The smallest absolute Gasteiger partial charge is 0.126 e. The van der Waals surface area contributed by atoms with Crippen LogP contribution in [-0.4, -0.2) is 17.8 Å². The number of hydrogen-bond donors (Lipinski definition) is 1. The number of benzene rings is 2. The van der Waals surface area contributed by atoms with Crippen LogP contribution in [0, 0.1) is 0 Å². The molecule has 1 aliphatic rings. The van der Waals surface area contributed by atoms with Gasteiger partial charge in [-0.15, -0.1) is 0 Å². The molecular weight excluding hydrogens is 346 g/mol. The number of nitrogens with one attached hydrogen (secondary N) is 1. The number of para-hydroxylation sites is 1. The number of anilines is 3. The highest BCUT2D eigenvalue weighted by atomic mass is 16.1. The van der Waals surface area contributed by atoms with Gasteiger partial charge in [-0.25, -0.2) is 4.98 Å². The molecule has 0 bridgehead atoms. The summed E-state index contributed by atoms with van der Waals surface area (Å²) in [6.45, 7) is 1.79. The van der Waals surface area contributed by atoms with E-state index in [4.69, 9.17) is 0 Å². The van der Waals surface area contributed by atoms with Crippen molar-refractivity contribution in [3.63, 3.8) is 0 Å². The second-order valence-corrected chi connectivity index (χ2v) is 7.16. The summed E-state index contributed by atoms with van der Waals surface area (Å²) in [4.78, 5) is 17.4. The number of carbonyl (C=O) groups is 1. The fourth-order valence-corrected chi connectivity index (χ4v) is 3.70. The van der Waals surface area contributed by atoms with Crippen molar-refractivity contribution in [1.29, 1.82) is 0 Å². The number of aryl methyl sites for hydroxylation is 2. The van der Waals surface area contributed by atoms with Gasteiger partial charge in [0.1, 0.15) is 12.1 Å². The first-order chi connectivity index (χ1) is 13.8. The minimum Gasteiger partial charge on any atom is -0.366 e. The lowest BCUT2D eigenvalue weighted by Gasteiger charge is -2.32. The molecule has 0 radical (unpaired) electrons. The summed E-state index contributed by atoms with van der Waals surface area (Å²) in [6, 6.07) is 21.4. The Morgan fingerprint density at radius 2 is 1.89 bits per heavy atom. The van der Waals surface area contributed by atoms with Gasteiger partial charge in [-0.1, -0.05) is 36.4 Å². The number of fused-ring (bicyclic) bond motifs is 1. The Labute approximate surface area is 166 Å². The molecule has 0 saturated carbocycles. The molecule has 0 saturated heterocycles. The second kappa shape index (κ2) is 8.70. The van der Waals surface area contributed by atoms with E-state index in [-0.39, 0.29) is 0 Å². The third-order valence-electron chi connectivity index (χ3n) is 5.19. The summed E-state index contributed by atoms with van der Waals surface area (Å²) < 4.78 is 0. The van der Waals surface area contributed by atoms with Crippen molar-refractivity contribution in [2.24, 2.45) is 0 Å². The molecule has 0 aliphatic carbocycles. The van der Waals surface area contributed by atoms with E-state index in [2.05, 4.69) is 63.7 Å². The Hall–Kier alpha value is -3.14. The topological polar surface area (TPSA) is 45.2 Å². The van der Waals surface area contributed by atoms with Crippen molar-refractivity contribution in [2.45, 2.75) is 32.2 Å². The molecule has 142 valence electrons.